The molecule has 1 aliphatic heterocycles. The Morgan fingerprint density at radius 1 is 1.62 bits per heavy atom. The monoisotopic (exact) mass is 347 g/mol. The van der Waals surface area contributed by atoms with Crippen LogP contribution in [-0.2, 0) is 11.2 Å². The Bertz CT molecular complexity index is 836. The summed E-state index contributed by atoms with van der Waals surface area (Å²) in [6, 6.07) is 5.05. The van der Waals surface area contributed by atoms with Crippen molar-refractivity contribution in [1.29, 1.82) is 0 Å². The van der Waals surface area contributed by atoms with E-state index >= 15 is 0 Å². The van der Waals surface area contributed by atoms with Gasteiger partial charge < -0.3 is 4.74 Å². The maximum atomic E-state index is 11.2. The molecule has 0 saturated carbocycles. The van der Waals surface area contributed by atoms with Gasteiger partial charge in [-0.2, -0.15) is 14.9 Å². The minimum absolute atomic E-state index is 0.0941. The molecule has 1 aromatic carbocycles. The molecule has 0 spiro atoms. The average molecular weight is 347 g/mol. The molecule has 1 aliphatic rings. The van der Waals surface area contributed by atoms with E-state index < -0.39 is 0 Å². The molecule has 2 aromatic rings. The predicted octanol–water partition coefficient (Wildman–Crippen LogP) is 3.14. The number of nitrogens with one attached hydrogen (secondary N) is 1. The van der Waals surface area contributed by atoms with E-state index in [-0.39, 0.29) is 16.7 Å². The molecule has 1 saturated heterocycles. The molecule has 8 nitrogen and oxygen atoms in total. The molecule has 24 heavy (non-hydrogen) atoms. The van der Waals surface area contributed by atoms with Gasteiger partial charge in [-0.3, -0.25) is 15.2 Å². The molecule has 1 fully saturated rings. The van der Waals surface area contributed by atoms with Gasteiger partial charge in [0.1, 0.15) is 6.10 Å². The third-order valence-electron chi connectivity index (χ3n) is 3.90. The molecule has 9 heteroatoms. The average Bonchev–Trinajstić information content (AvgIpc) is 3.22. The summed E-state index contributed by atoms with van der Waals surface area (Å²) in [6.45, 7) is 2.58. The van der Waals surface area contributed by atoms with E-state index in [2.05, 4.69) is 15.3 Å². The molecule has 0 unspecified atom stereocenters. The highest BCUT2D eigenvalue weighted by atomic mass is 32.1. The normalized spacial score (nSPS) is 17.6. The smallest absolute Gasteiger partial charge is 0.273 e. The van der Waals surface area contributed by atoms with Crippen LogP contribution in [0.4, 0.5) is 5.69 Å². The Hall–Kier alpha value is -2.39. The van der Waals surface area contributed by atoms with Crippen molar-refractivity contribution in [1.82, 2.24) is 14.9 Å². The van der Waals surface area contributed by atoms with Gasteiger partial charge in [-0.15, -0.1) is 0 Å². The molecule has 0 amide bonds. The fourth-order valence-electron chi connectivity index (χ4n) is 2.66. The van der Waals surface area contributed by atoms with Crippen LogP contribution in [0.1, 0.15) is 42.8 Å². The number of H-pyrrole nitrogens is 1. The minimum Gasteiger partial charge on any atom is -0.370 e. The molecule has 0 aliphatic carbocycles. The van der Waals surface area contributed by atoms with Gasteiger partial charge in [-0.25, -0.2) is 0 Å². The quantitative estimate of drug-likeness (QED) is 0.388. The lowest BCUT2D eigenvalue weighted by Gasteiger charge is -2.07. The van der Waals surface area contributed by atoms with Crippen LogP contribution in [0, 0.1) is 14.9 Å². The maximum absolute atomic E-state index is 11.2. The Labute approximate surface area is 143 Å². The predicted molar refractivity (Wildman–Crippen MR) is 90.8 cm³/mol. The number of aromatic nitrogens is 3. The van der Waals surface area contributed by atoms with E-state index in [1.54, 1.807) is 12.1 Å². The van der Waals surface area contributed by atoms with Crippen LogP contribution in [0.5, 0.6) is 0 Å². The second-order valence-electron chi connectivity index (χ2n) is 5.44. The second-order valence-corrected chi connectivity index (χ2v) is 5.83. The van der Waals surface area contributed by atoms with Crippen molar-refractivity contribution >= 4 is 24.1 Å². The number of aromatic amines is 1. The van der Waals surface area contributed by atoms with Gasteiger partial charge in [0.15, 0.2) is 5.82 Å². The second kappa shape index (κ2) is 7.02. The topological polar surface area (TPSA) is 98.3 Å². The first-order chi connectivity index (χ1) is 11.6. The number of hydrogen-bond donors (Lipinski definition) is 1. The van der Waals surface area contributed by atoms with E-state index in [4.69, 9.17) is 17.0 Å². The molecule has 126 valence electrons. The van der Waals surface area contributed by atoms with Gasteiger partial charge in [-0.05, 0) is 31.5 Å². The first kappa shape index (κ1) is 16.5. The van der Waals surface area contributed by atoms with Crippen LogP contribution in [0.15, 0.2) is 23.3 Å². The van der Waals surface area contributed by atoms with Crippen molar-refractivity contribution in [3.63, 3.8) is 0 Å². The fraction of sp³-hybridized carbons (Fsp3) is 0.400. The molecule has 1 aromatic heterocycles. The number of benzene rings is 1. The zero-order chi connectivity index (χ0) is 17.1. The lowest BCUT2D eigenvalue weighted by atomic mass is 10.1. The van der Waals surface area contributed by atoms with Gasteiger partial charge in [0.05, 0.1) is 11.1 Å². The SMILES string of the molecule is CCc1ccc(/C=N\n2c([C@@H]3CCCO3)n[nH]c2=S)cc1[N+](=O)[O-]. The minimum atomic E-state index is -0.378. The number of nitro groups is 1. The molecular weight excluding hydrogens is 330 g/mol. The van der Waals surface area contributed by atoms with Crippen LogP contribution >= 0.6 is 12.2 Å². The Kier molecular flexibility index (Phi) is 4.81. The summed E-state index contributed by atoms with van der Waals surface area (Å²) < 4.78 is 7.48. The van der Waals surface area contributed by atoms with Crippen LogP contribution in [0.25, 0.3) is 0 Å². The summed E-state index contributed by atoms with van der Waals surface area (Å²) in [5, 5.41) is 22.4. The van der Waals surface area contributed by atoms with E-state index in [0.717, 1.165) is 12.8 Å². The van der Waals surface area contributed by atoms with Crippen LogP contribution < -0.4 is 0 Å². The summed E-state index contributed by atoms with van der Waals surface area (Å²) >= 11 is 5.20. The number of rotatable bonds is 5. The number of nitro benzene ring substituents is 1. The molecule has 1 N–H and O–H groups in total. The fourth-order valence-corrected chi connectivity index (χ4v) is 2.85. The summed E-state index contributed by atoms with van der Waals surface area (Å²) in [5.41, 5.74) is 1.41. The molecular formula is C15H17N5O3S. The Morgan fingerprint density at radius 3 is 3.12 bits per heavy atom. The zero-order valence-corrected chi connectivity index (χ0v) is 14.0. The van der Waals surface area contributed by atoms with Crippen molar-refractivity contribution in [3.05, 3.63) is 50.0 Å². The van der Waals surface area contributed by atoms with Crippen molar-refractivity contribution < 1.29 is 9.66 Å². The largest absolute Gasteiger partial charge is 0.370 e. The first-order valence-electron chi connectivity index (χ1n) is 7.70. The van der Waals surface area contributed by atoms with Crippen molar-refractivity contribution in [2.24, 2.45) is 5.10 Å². The van der Waals surface area contributed by atoms with Crippen LogP contribution in [0.3, 0.4) is 0 Å². The highest BCUT2D eigenvalue weighted by Gasteiger charge is 2.23. The van der Waals surface area contributed by atoms with Crippen molar-refractivity contribution in [2.45, 2.75) is 32.3 Å². The van der Waals surface area contributed by atoms with E-state index in [0.29, 0.717) is 34.8 Å². The lowest BCUT2D eigenvalue weighted by Crippen LogP contribution is -2.05. The number of nitrogens with zero attached hydrogens (tertiary/aromatic N) is 4. The van der Waals surface area contributed by atoms with Gasteiger partial charge in [0.25, 0.3) is 5.69 Å². The summed E-state index contributed by atoms with van der Waals surface area (Å²) in [7, 11) is 0. The molecule has 0 bridgehead atoms. The van der Waals surface area contributed by atoms with Crippen LogP contribution in [-0.4, -0.2) is 32.6 Å². The first-order valence-corrected chi connectivity index (χ1v) is 8.11. The van der Waals surface area contributed by atoms with E-state index in [1.165, 1.54) is 17.0 Å². The molecule has 0 radical (unpaired) electrons. The summed E-state index contributed by atoms with van der Waals surface area (Å²) in [6.07, 6.45) is 3.84. The number of hydrogen-bond acceptors (Lipinski definition) is 6. The standard InChI is InChI=1S/C15H17N5O3S/c1-2-11-6-5-10(8-12(11)20(21)22)9-16-19-14(17-18-15(19)24)13-4-3-7-23-13/h5-6,8-9,13H,2-4,7H2,1H3,(H,18,24)/b16-9-/t13-/m0/s1. The Morgan fingerprint density at radius 2 is 2.46 bits per heavy atom. The van der Waals surface area contributed by atoms with Crippen molar-refractivity contribution in [3.8, 4) is 0 Å². The zero-order valence-electron chi connectivity index (χ0n) is 13.1. The highest BCUT2D eigenvalue weighted by molar-refractivity contribution is 7.71. The van der Waals surface area contributed by atoms with Crippen molar-refractivity contribution in [2.75, 3.05) is 6.61 Å². The van der Waals surface area contributed by atoms with E-state index in [1.807, 2.05) is 6.92 Å². The number of ether oxygens (including phenoxy) is 1. The van der Waals surface area contributed by atoms with Gasteiger partial charge in [0, 0.05) is 23.8 Å². The molecule has 3 rings (SSSR count). The lowest BCUT2D eigenvalue weighted by molar-refractivity contribution is -0.385. The highest BCUT2D eigenvalue weighted by Crippen LogP contribution is 2.27. The maximum Gasteiger partial charge on any atom is 0.273 e. The third-order valence-corrected chi connectivity index (χ3v) is 4.17. The van der Waals surface area contributed by atoms with Crippen LogP contribution in [0.2, 0.25) is 0 Å². The Balaban J connectivity index is 1.91. The van der Waals surface area contributed by atoms with E-state index in [9.17, 15) is 10.1 Å². The molecule has 2 heterocycles. The van der Waals surface area contributed by atoms with Gasteiger partial charge in [0.2, 0.25) is 4.77 Å². The number of aryl methyl sites for hydroxylation is 1. The molecule has 1 atom stereocenters. The van der Waals surface area contributed by atoms with Gasteiger partial charge in [-0.1, -0.05) is 19.1 Å². The summed E-state index contributed by atoms with van der Waals surface area (Å²) in [4.78, 5) is 10.8. The van der Waals surface area contributed by atoms with Gasteiger partial charge >= 0.3 is 0 Å². The third kappa shape index (κ3) is 3.26. The summed E-state index contributed by atoms with van der Waals surface area (Å²) in [5.74, 6) is 0.619.